The van der Waals surface area contributed by atoms with Crippen molar-refractivity contribution in [2.24, 2.45) is 0 Å². The molecule has 34 heavy (non-hydrogen) atoms. The van der Waals surface area contributed by atoms with Crippen LogP contribution in [0.15, 0.2) is 47.8 Å². The molecule has 4 aromatic rings. The summed E-state index contributed by atoms with van der Waals surface area (Å²) in [6.07, 6.45) is 9.90. The third-order valence-electron chi connectivity index (χ3n) is 6.31. The molecule has 4 heterocycles. The van der Waals surface area contributed by atoms with Crippen LogP contribution in [0, 0.1) is 0 Å². The second-order valence-electron chi connectivity index (χ2n) is 8.58. The molecule has 0 aliphatic carbocycles. The minimum atomic E-state index is -0.274. The monoisotopic (exact) mass is 497 g/mol. The lowest BCUT2D eigenvalue weighted by molar-refractivity contribution is 0.212. The number of pyridine rings is 1. The van der Waals surface area contributed by atoms with Gasteiger partial charge in [-0.05, 0) is 57.1 Å². The number of nitrogens with zero attached hydrogens (tertiary/aromatic N) is 6. The number of likely N-dealkylation sites (tertiary alicyclic amines) is 1. The van der Waals surface area contributed by atoms with Gasteiger partial charge in [-0.1, -0.05) is 36.2 Å². The largest absolute Gasteiger partial charge is 0.321 e. The van der Waals surface area contributed by atoms with Crippen LogP contribution in [0.4, 0.5) is 11.6 Å². The van der Waals surface area contributed by atoms with Gasteiger partial charge in [-0.15, -0.1) is 0 Å². The summed E-state index contributed by atoms with van der Waals surface area (Å²) in [5, 5.41) is 8.97. The first-order chi connectivity index (χ1) is 16.4. The summed E-state index contributed by atoms with van der Waals surface area (Å²) in [6.45, 7) is 4.15. The molecule has 5 rings (SSSR count). The number of rotatable bonds is 5. The van der Waals surface area contributed by atoms with Crippen molar-refractivity contribution in [3.8, 4) is 5.69 Å². The molecule has 0 amide bonds. The minimum Gasteiger partial charge on any atom is -0.321 e. The van der Waals surface area contributed by atoms with Gasteiger partial charge in [-0.25, -0.2) is 9.97 Å². The Morgan fingerprint density at radius 1 is 1.12 bits per heavy atom. The van der Waals surface area contributed by atoms with E-state index < -0.39 is 0 Å². The van der Waals surface area contributed by atoms with Gasteiger partial charge in [0, 0.05) is 18.6 Å². The summed E-state index contributed by atoms with van der Waals surface area (Å²) in [5.74, 6) is 0.415. The van der Waals surface area contributed by atoms with Gasteiger partial charge in [-0.2, -0.15) is 5.10 Å². The first kappa shape index (κ1) is 22.8. The van der Waals surface area contributed by atoms with Crippen molar-refractivity contribution in [1.82, 2.24) is 29.2 Å². The highest BCUT2D eigenvalue weighted by Crippen LogP contribution is 2.29. The highest BCUT2D eigenvalue weighted by molar-refractivity contribution is 6.37. The third kappa shape index (κ3) is 4.29. The molecule has 0 spiro atoms. The molecule has 1 aromatic carbocycles. The normalized spacial score (nSPS) is 15.2. The summed E-state index contributed by atoms with van der Waals surface area (Å²) in [6, 6.07) is 5.56. The second-order valence-corrected chi connectivity index (χ2v) is 9.39. The highest BCUT2D eigenvalue weighted by Gasteiger charge is 2.20. The summed E-state index contributed by atoms with van der Waals surface area (Å²) < 4.78 is 3.49. The lowest BCUT2D eigenvalue weighted by atomic mass is 10.1. The van der Waals surface area contributed by atoms with Gasteiger partial charge in [0.15, 0.2) is 0 Å². The van der Waals surface area contributed by atoms with Crippen LogP contribution in [0.1, 0.15) is 31.4 Å². The quantitative estimate of drug-likeness (QED) is 0.424. The lowest BCUT2D eigenvalue weighted by Gasteiger charge is -2.28. The number of nitrogens with one attached hydrogen (secondary N) is 1. The topological polar surface area (TPSA) is 80.9 Å². The number of hydrogen-bond donors (Lipinski definition) is 1. The molecule has 1 saturated heterocycles. The molecule has 10 heteroatoms. The Balaban J connectivity index is 1.48. The molecule has 1 fully saturated rings. The highest BCUT2D eigenvalue weighted by atomic mass is 35.5. The molecule has 0 atom stereocenters. The molecule has 0 unspecified atom stereocenters. The summed E-state index contributed by atoms with van der Waals surface area (Å²) >= 11 is 12.7. The van der Waals surface area contributed by atoms with Crippen LogP contribution >= 0.6 is 23.2 Å². The van der Waals surface area contributed by atoms with E-state index in [1.54, 1.807) is 36.8 Å². The Morgan fingerprint density at radius 2 is 1.85 bits per heavy atom. The third-order valence-corrected chi connectivity index (χ3v) is 6.92. The maximum Gasteiger partial charge on any atom is 0.266 e. The van der Waals surface area contributed by atoms with E-state index in [1.165, 1.54) is 4.57 Å². The van der Waals surface area contributed by atoms with Gasteiger partial charge < -0.3 is 10.2 Å². The molecule has 0 saturated carbocycles. The van der Waals surface area contributed by atoms with Gasteiger partial charge in [0.05, 0.1) is 44.6 Å². The molecule has 0 radical (unpaired) electrons. The van der Waals surface area contributed by atoms with Crippen LogP contribution < -0.4 is 10.9 Å². The first-order valence-electron chi connectivity index (χ1n) is 11.3. The molecule has 1 aliphatic heterocycles. The van der Waals surface area contributed by atoms with Crippen molar-refractivity contribution < 1.29 is 0 Å². The zero-order valence-corrected chi connectivity index (χ0v) is 20.5. The SMILES string of the molecule is CCc1cn(-c2c(Cl)cccc2Cl)c(=O)c2cnc(Nc3cnn(C4CCN(C)CC4)c3)nc12. The number of halogens is 2. The lowest BCUT2D eigenvalue weighted by Crippen LogP contribution is -2.31. The van der Waals surface area contributed by atoms with Gasteiger partial charge in [0.2, 0.25) is 5.95 Å². The maximum absolute atomic E-state index is 13.3. The Bertz CT molecular complexity index is 1390. The Labute approximate surface area is 207 Å². The number of aromatic nitrogens is 5. The zero-order chi connectivity index (χ0) is 23.8. The van der Waals surface area contributed by atoms with Gasteiger partial charge >= 0.3 is 0 Å². The van der Waals surface area contributed by atoms with E-state index in [0.717, 1.165) is 37.2 Å². The van der Waals surface area contributed by atoms with Crippen molar-refractivity contribution in [3.05, 3.63) is 68.9 Å². The van der Waals surface area contributed by atoms with Crippen LogP contribution in [0.2, 0.25) is 10.0 Å². The molecule has 8 nitrogen and oxygen atoms in total. The first-order valence-corrected chi connectivity index (χ1v) is 12.1. The summed E-state index contributed by atoms with van der Waals surface area (Å²) in [7, 11) is 2.14. The van der Waals surface area contributed by atoms with Gasteiger partial charge in [0.1, 0.15) is 0 Å². The van der Waals surface area contributed by atoms with E-state index >= 15 is 0 Å². The fraction of sp³-hybridized carbons (Fsp3) is 0.333. The molecule has 1 N–H and O–H groups in total. The predicted molar refractivity (Wildman–Crippen MR) is 136 cm³/mol. The number of hydrogen-bond acceptors (Lipinski definition) is 6. The van der Waals surface area contributed by atoms with Crippen molar-refractivity contribution >= 4 is 45.7 Å². The molecule has 1 aliphatic rings. The predicted octanol–water partition coefficient (Wildman–Crippen LogP) is 4.86. The Morgan fingerprint density at radius 3 is 2.56 bits per heavy atom. The standard InChI is InChI=1S/C24H25Cl2N7O/c1-3-15-13-32(22-19(25)5-4-6-20(22)26)23(34)18-12-27-24(30-21(15)18)29-16-11-28-33(14-16)17-7-9-31(2)10-8-17/h4-6,11-14,17H,3,7-10H2,1-2H3,(H,27,29,30). The number of aryl methyl sites for hydroxylation is 1. The van der Waals surface area contributed by atoms with E-state index in [0.29, 0.717) is 45.0 Å². The van der Waals surface area contributed by atoms with Crippen LogP contribution in [-0.4, -0.2) is 49.4 Å². The van der Waals surface area contributed by atoms with E-state index in [4.69, 9.17) is 23.2 Å². The number of anilines is 2. The molecule has 0 bridgehead atoms. The fourth-order valence-corrected chi connectivity index (χ4v) is 4.96. The smallest absolute Gasteiger partial charge is 0.266 e. The van der Waals surface area contributed by atoms with Crippen LogP contribution in [-0.2, 0) is 6.42 Å². The van der Waals surface area contributed by atoms with E-state index in [2.05, 4.69) is 32.3 Å². The minimum absolute atomic E-state index is 0.274. The van der Waals surface area contributed by atoms with E-state index in [9.17, 15) is 4.79 Å². The maximum atomic E-state index is 13.3. The second kappa shape index (κ2) is 9.37. The molecular weight excluding hydrogens is 473 g/mol. The Kier molecular flexibility index (Phi) is 6.29. The van der Waals surface area contributed by atoms with E-state index in [1.807, 2.05) is 17.8 Å². The van der Waals surface area contributed by atoms with Gasteiger partial charge in [-0.3, -0.25) is 14.0 Å². The average Bonchev–Trinajstić information content (AvgIpc) is 3.29. The van der Waals surface area contributed by atoms with Crippen molar-refractivity contribution in [2.45, 2.75) is 32.2 Å². The van der Waals surface area contributed by atoms with Crippen LogP contribution in [0.3, 0.4) is 0 Å². The van der Waals surface area contributed by atoms with Crippen molar-refractivity contribution in [2.75, 3.05) is 25.5 Å². The number of piperidine rings is 1. The fourth-order valence-electron chi connectivity index (χ4n) is 4.38. The number of fused-ring (bicyclic) bond motifs is 1. The van der Waals surface area contributed by atoms with Gasteiger partial charge in [0.25, 0.3) is 5.56 Å². The van der Waals surface area contributed by atoms with Crippen molar-refractivity contribution in [3.63, 3.8) is 0 Å². The van der Waals surface area contributed by atoms with Crippen LogP contribution in [0.25, 0.3) is 16.6 Å². The molecule has 176 valence electrons. The molecular formula is C24H25Cl2N7O. The summed E-state index contributed by atoms with van der Waals surface area (Å²) in [4.78, 5) is 24.7. The number of para-hydroxylation sites is 1. The number of benzene rings is 1. The van der Waals surface area contributed by atoms with Crippen molar-refractivity contribution in [1.29, 1.82) is 0 Å². The Hall–Kier alpha value is -2.94. The molecule has 3 aromatic heterocycles. The average molecular weight is 498 g/mol. The van der Waals surface area contributed by atoms with E-state index in [-0.39, 0.29) is 5.56 Å². The van der Waals surface area contributed by atoms with Crippen LogP contribution in [0.5, 0.6) is 0 Å². The summed E-state index contributed by atoms with van der Waals surface area (Å²) in [5.41, 5.74) is 2.48. The zero-order valence-electron chi connectivity index (χ0n) is 19.0.